The van der Waals surface area contributed by atoms with Gasteiger partial charge in [0.05, 0.1) is 18.3 Å². The fraction of sp³-hybridized carbons (Fsp3) is 0.444. The summed E-state index contributed by atoms with van der Waals surface area (Å²) >= 11 is 0. The minimum Gasteiger partial charge on any atom is -0.354 e. The number of aromatic nitrogens is 2. The van der Waals surface area contributed by atoms with Gasteiger partial charge in [0.2, 0.25) is 5.91 Å². The Morgan fingerprint density at radius 1 is 1.53 bits per heavy atom. The molecule has 1 aliphatic heterocycles. The second kappa shape index (κ2) is 4.12. The third-order valence-corrected chi connectivity index (χ3v) is 2.29. The number of amides is 2. The molecule has 2 amide bonds. The smallest absolute Gasteiger partial charge is 0.257 e. The lowest BCUT2D eigenvalue weighted by Gasteiger charge is -2.17. The summed E-state index contributed by atoms with van der Waals surface area (Å²) in [5.41, 5.74) is 0.490. The molecule has 1 saturated heterocycles. The summed E-state index contributed by atoms with van der Waals surface area (Å²) in [5.74, 6) is -0.259. The Morgan fingerprint density at radius 2 is 2.40 bits per heavy atom. The van der Waals surface area contributed by atoms with Gasteiger partial charge in [-0.25, -0.2) is 0 Å². The normalized spacial score (nSPS) is 17.1. The number of carbonyl (C=O) groups excluding carboxylic acids is 2. The molecule has 0 unspecified atom stereocenters. The van der Waals surface area contributed by atoms with Crippen molar-refractivity contribution in [2.24, 2.45) is 0 Å². The van der Waals surface area contributed by atoms with Crippen molar-refractivity contribution in [3.63, 3.8) is 0 Å². The van der Waals surface area contributed by atoms with Crippen LogP contribution in [0.4, 0.5) is 0 Å². The Bertz CT molecular complexity index is 360. The van der Waals surface area contributed by atoms with Gasteiger partial charge in [-0.2, -0.15) is 5.10 Å². The van der Waals surface area contributed by atoms with E-state index in [-0.39, 0.29) is 18.4 Å². The van der Waals surface area contributed by atoms with Gasteiger partial charge in [0.15, 0.2) is 0 Å². The van der Waals surface area contributed by atoms with E-state index in [2.05, 4.69) is 15.5 Å². The van der Waals surface area contributed by atoms with E-state index in [4.69, 9.17) is 0 Å². The number of hydrogen-bond acceptors (Lipinski definition) is 3. The molecule has 0 spiro atoms. The van der Waals surface area contributed by atoms with Crippen LogP contribution in [0.2, 0.25) is 0 Å². The highest BCUT2D eigenvalue weighted by molar-refractivity contribution is 5.96. The average Bonchev–Trinajstić information content (AvgIpc) is 2.67. The molecule has 6 heteroatoms. The highest BCUT2D eigenvalue weighted by Crippen LogP contribution is 2.04. The maximum atomic E-state index is 11.8. The number of nitrogens with one attached hydrogen (secondary N) is 2. The van der Waals surface area contributed by atoms with Crippen LogP contribution in [0.1, 0.15) is 16.8 Å². The summed E-state index contributed by atoms with van der Waals surface area (Å²) in [6.07, 6.45) is 3.78. The van der Waals surface area contributed by atoms with Crippen LogP contribution in [0, 0.1) is 0 Å². The molecule has 1 aliphatic rings. The first-order valence-corrected chi connectivity index (χ1v) is 4.82. The van der Waals surface area contributed by atoms with Gasteiger partial charge in [0.25, 0.3) is 5.91 Å². The van der Waals surface area contributed by atoms with E-state index >= 15 is 0 Å². The molecule has 2 rings (SSSR count). The molecule has 15 heavy (non-hydrogen) atoms. The van der Waals surface area contributed by atoms with Crippen LogP contribution >= 0.6 is 0 Å². The minimum absolute atomic E-state index is 0.107. The molecule has 0 radical (unpaired) electrons. The van der Waals surface area contributed by atoms with Crippen LogP contribution < -0.4 is 5.32 Å². The van der Waals surface area contributed by atoms with E-state index in [0.29, 0.717) is 18.7 Å². The van der Waals surface area contributed by atoms with Crippen molar-refractivity contribution in [2.75, 3.05) is 19.6 Å². The predicted octanol–water partition coefficient (Wildman–Crippen LogP) is -0.628. The minimum atomic E-state index is -0.152. The molecular weight excluding hydrogens is 196 g/mol. The monoisotopic (exact) mass is 208 g/mol. The Hall–Kier alpha value is -1.85. The van der Waals surface area contributed by atoms with E-state index in [1.807, 2.05) is 0 Å². The Kier molecular flexibility index (Phi) is 2.66. The van der Waals surface area contributed by atoms with Crippen LogP contribution in [0.5, 0.6) is 0 Å². The Morgan fingerprint density at radius 3 is 3.13 bits per heavy atom. The maximum absolute atomic E-state index is 11.8. The first-order chi connectivity index (χ1) is 7.27. The molecular formula is C9H12N4O2. The SMILES string of the molecule is O=C1CN(C(=O)c2cn[nH]c2)CCCN1. The summed E-state index contributed by atoms with van der Waals surface area (Å²) in [5, 5.41) is 9.00. The van der Waals surface area contributed by atoms with Gasteiger partial charge in [-0.3, -0.25) is 14.7 Å². The predicted molar refractivity (Wildman–Crippen MR) is 52.1 cm³/mol. The van der Waals surface area contributed by atoms with Crippen molar-refractivity contribution in [3.8, 4) is 0 Å². The van der Waals surface area contributed by atoms with Crippen LogP contribution in [-0.4, -0.2) is 46.5 Å². The number of aromatic amines is 1. The topological polar surface area (TPSA) is 78.1 Å². The molecule has 0 saturated carbocycles. The third-order valence-electron chi connectivity index (χ3n) is 2.29. The lowest BCUT2D eigenvalue weighted by atomic mass is 10.3. The summed E-state index contributed by atoms with van der Waals surface area (Å²) < 4.78 is 0. The van der Waals surface area contributed by atoms with Crippen molar-refractivity contribution in [1.29, 1.82) is 0 Å². The summed E-state index contributed by atoms with van der Waals surface area (Å²) in [7, 11) is 0. The molecule has 0 bridgehead atoms. The van der Waals surface area contributed by atoms with E-state index in [9.17, 15) is 9.59 Å². The Balaban J connectivity index is 2.09. The second-order valence-electron chi connectivity index (χ2n) is 3.42. The van der Waals surface area contributed by atoms with Gasteiger partial charge in [-0.05, 0) is 6.42 Å². The van der Waals surface area contributed by atoms with E-state index in [0.717, 1.165) is 6.42 Å². The van der Waals surface area contributed by atoms with E-state index in [1.54, 1.807) is 0 Å². The van der Waals surface area contributed by atoms with E-state index < -0.39 is 0 Å². The van der Waals surface area contributed by atoms with Gasteiger partial charge >= 0.3 is 0 Å². The molecule has 1 fully saturated rings. The maximum Gasteiger partial charge on any atom is 0.257 e. The quantitative estimate of drug-likeness (QED) is 0.645. The first kappa shape index (κ1) is 9.70. The standard InChI is InChI=1S/C9H12N4O2/c14-8-6-13(3-1-2-10-8)9(15)7-4-11-12-5-7/h4-5H,1-3,6H2,(H,10,14)(H,11,12). The van der Waals surface area contributed by atoms with Crippen LogP contribution in [0.25, 0.3) is 0 Å². The molecule has 2 N–H and O–H groups in total. The fourth-order valence-electron chi connectivity index (χ4n) is 1.53. The second-order valence-corrected chi connectivity index (χ2v) is 3.42. The zero-order valence-corrected chi connectivity index (χ0v) is 8.19. The number of carbonyl (C=O) groups is 2. The molecule has 0 atom stereocenters. The summed E-state index contributed by atoms with van der Waals surface area (Å²) in [4.78, 5) is 24.6. The van der Waals surface area contributed by atoms with Gasteiger partial charge in [-0.1, -0.05) is 0 Å². The molecule has 1 aromatic rings. The molecule has 1 aromatic heterocycles. The molecule has 2 heterocycles. The molecule has 6 nitrogen and oxygen atoms in total. The van der Waals surface area contributed by atoms with Crippen LogP contribution in [0.15, 0.2) is 12.4 Å². The fourth-order valence-corrected chi connectivity index (χ4v) is 1.53. The van der Waals surface area contributed by atoms with Crippen molar-refractivity contribution in [3.05, 3.63) is 18.0 Å². The number of hydrogen-bond donors (Lipinski definition) is 2. The van der Waals surface area contributed by atoms with Crippen molar-refractivity contribution in [1.82, 2.24) is 20.4 Å². The molecule has 80 valence electrons. The molecule has 0 aromatic carbocycles. The van der Waals surface area contributed by atoms with Gasteiger partial charge < -0.3 is 10.2 Å². The Labute approximate surface area is 86.6 Å². The number of nitrogens with zero attached hydrogens (tertiary/aromatic N) is 2. The van der Waals surface area contributed by atoms with Crippen molar-refractivity contribution in [2.45, 2.75) is 6.42 Å². The third kappa shape index (κ3) is 2.15. The van der Waals surface area contributed by atoms with Crippen LogP contribution in [-0.2, 0) is 4.79 Å². The summed E-state index contributed by atoms with van der Waals surface area (Å²) in [6, 6.07) is 0. The first-order valence-electron chi connectivity index (χ1n) is 4.82. The average molecular weight is 208 g/mol. The van der Waals surface area contributed by atoms with E-state index in [1.165, 1.54) is 17.3 Å². The lowest BCUT2D eigenvalue weighted by molar-refractivity contribution is -0.121. The highest BCUT2D eigenvalue weighted by Gasteiger charge is 2.21. The number of rotatable bonds is 1. The number of H-pyrrole nitrogens is 1. The van der Waals surface area contributed by atoms with Crippen molar-refractivity contribution < 1.29 is 9.59 Å². The highest BCUT2D eigenvalue weighted by atomic mass is 16.2. The summed E-state index contributed by atoms with van der Waals surface area (Å²) in [6.45, 7) is 1.36. The van der Waals surface area contributed by atoms with Crippen molar-refractivity contribution >= 4 is 11.8 Å². The molecule has 0 aliphatic carbocycles. The largest absolute Gasteiger partial charge is 0.354 e. The zero-order chi connectivity index (χ0) is 10.7. The zero-order valence-electron chi connectivity index (χ0n) is 8.19. The van der Waals surface area contributed by atoms with Gasteiger partial charge in [0.1, 0.15) is 0 Å². The lowest BCUT2D eigenvalue weighted by Crippen LogP contribution is -2.37. The van der Waals surface area contributed by atoms with Gasteiger partial charge in [0, 0.05) is 19.3 Å². The van der Waals surface area contributed by atoms with Crippen LogP contribution in [0.3, 0.4) is 0 Å². The van der Waals surface area contributed by atoms with Gasteiger partial charge in [-0.15, -0.1) is 0 Å².